The van der Waals surface area contributed by atoms with E-state index in [9.17, 15) is 14.4 Å². The molecule has 1 N–H and O–H groups in total. The first kappa shape index (κ1) is 32.6. The minimum Gasteiger partial charge on any atom is -0.497 e. The summed E-state index contributed by atoms with van der Waals surface area (Å²) in [5.41, 5.74) is 4.19. The first-order valence-electron chi connectivity index (χ1n) is 16.1. The number of piperidine rings is 1. The molecule has 0 amide bonds. The van der Waals surface area contributed by atoms with Crippen LogP contribution in [0.2, 0.25) is 0 Å². The zero-order chi connectivity index (χ0) is 33.2. The number of hydrogen-bond acceptors (Lipinski definition) is 10. The van der Waals surface area contributed by atoms with Gasteiger partial charge in [0.1, 0.15) is 18.0 Å². The lowest BCUT2D eigenvalue weighted by Gasteiger charge is -2.52. The van der Waals surface area contributed by atoms with E-state index >= 15 is 0 Å². The Hall–Kier alpha value is -4.35. The molecule has 3 aromatic rings. The Morgan fingerprint density at radius 2 is 1.83 bits per heavy atom. The van der Waals surface area contributed by atoms with Crippen LogP contribution in [-0.4, -0.2) is 81.5 Å². The van der Waals surface area contributed by atoms with E-state index in [0.29, 0.717) is 17.7 Å². The fraction of sp³-hybridized carbons (Fsp3) is 0.472. The number of rotatable bonds is 9. The van der Waals surface area contributed by atoms with Crippen molar-refractivity contribution >= 4 is 34.9 Å². The van der Waals surface area contributed by atoms with Gasteiger partial charge in [0.05, 0.1) is 33.3 Å². The minimum absolute atomic E-state index is 0.0189. The Labute approximate surface area is 274 Å². The summed E-state index contributed by atoms with van der Waals surface area (Å²) in [6, 6.07) is 11.3. The molecule has 1 saturated carbocycles. The van der Waals surface area contributed by atoms with Crippen molar-refractivity contribution in [2.75, 3.05) is 41.5 Å². The standard InChI is InChI=1S/C36H42N2O9/c1-6-31(39)46-29-15-20(7-11-28(29)43-3)8-12-32(40)47-30-16-21-19-38-14-13-24-23-10-9-22(42-2)17-26(23)37-34(24)27(38)18-25(21)33(35(30)44-4)36(41)45-5/h7-12,15,17,21,25,27,30,33,35,37H,6,13-14,16,18-19H2,1-5H3/b12-8+/t21-,25-,27-,30-,33+,35+/m0/s1. The molecule has 1 aliphatic carbocycles. The second kappa shape index (κ2) is 13.8. The van der Waals surface area contributed by atoms with Crippen LogP contribution in [0, 0.1) is 17.8 Å². The molecule has 11 heteroatoms. The summed E-state index contributed by atoms with van der Waals surface area (Å²) in [6.07, 6.45) is 4.06. The largest absolute Gasteiger partial charge is 0.497 e. The molecule has 0 spiro atoms. The summed E-state index contributed by atoms with van der Waals surface area (Å²) in [5, 5.41) is 1.21. The smallest absolute Gasteiger partial charge is 0.331 e. The van der Waals surface area contributed by atoms with E-state index in [1.54, 1.807) is 45.4 Å². The number of fused-ring (bicyclic) bond motifs is 6. The predicted octanol–water partition coefficient (Wildman–Crippen LogP) is 4.87. The summed E-state index contributed by atoms with van der Waals surface area (Å²) in [6.45, 7) is 3.38. The van der Waals surface area contributed by atoms with Crippen molar-refractivity contribution in [3.63, 3.8) is 0 Å². The van der Waals surface area contributed by atoms with Crippen LogP contribution in [0.3, 0.4) is 0 Å². The van der Waals surface area contributed by atoms with Crippen molar-refractivity contribution in [2.45, 2.75) is 50.9 Å². The molecule has 0 unspecified atom stereocenters. The second-order valence-corrected chi connectivity index (χ2v) is 12.4. The van der Waals surface area contributed by atoms with Gasteiger partial charge in [-0.05, 0) is 72.6 Å². The maximum Gasteiger partial charge on any atom is 0.331 e. The van der Waals surface area contributed by atoms with Gasteiger partial charge in [0, 0.05) is 55.4 Å². The Kier molecular flexibility index (Phi) is 9.56. The molecule has 3 aliphatic rings. The van der Waals surface area contributed by atoms with Crippen LogP contribution in [0.1, 0.15) is 49.0 Å². The van der Waals surface area contributed by atoms with Gasteiger partial charge in [-0.25, -0.2) is 4.79 Å². The van der Waals surface area contributed by atoms with E-state index < -0.39 is 30.1 Å². The van der Waals surface area contributed by atoms with E-state index in [1.807, 2.05) is 12.1 Å². The lowest BCUT2D eigenvalue weighted by molar-refractivity contribution is -0.187. The quantitative estimate of drug-likeness (QED) is 0.196. The van der Waals surface area contributed by atoms with E-state index in [1.165, 1.54) is 36.9 Å². The number of carbonyl (C=O) groups is 3. The number of esters is 3. The molecule has 2 aromatic carbocycles. The van der Waals surface area contributed by atoms with Crippen LogP contribution in [0.5, 0.6) is 17.2 Å². The van der Waals surface area contributed by atoms with Gasteiger partial charge >= 0.3 is 17.9 Å². The monoisotopic (exact) mass is 646 g/mol. The first-order valence-corrected chi connectivity index (χ1v) is 16.1. The maximum absolute atomic E-state index is 13.4. The van der Waals surface area contributed by atoms with Crippen LogP contribution in [0.25, 0.3) is 17.0 Å². The predicted molar refractivity (Wildman–Crippen MR) is 173 cm³/mol. The van der Waals surface area contributed by atoms with Crippen molar-refractivity contribution < 1.29 is 42.8 Å². The zero-order valence-electron chi connectivity index (χ0n) is 27.4. The topological polar surface area (TPSA) is 126 Å². The second-order valence-electron chi connectivity index (χ2n) is 12.4. The summed E-state index contributed by atoms with van der Waals surface area (Å²) in [4.78, 5) is 44.6. The van der Waals surface area contributed by atoms with E-state index in [0.717, 1.165) is 37.2 Å². The van der Waals surface area contributed by atoms with E-state index in [2.05, 4.69) is 16.0 Å². The van der Waals surface area contributed by atoms with Crippen molar-refractivity contribution in [3.8, 4) is 17.2 Å². The van der Waals surface area contributed by atoms with Crippen molar-refractivity contribution in [1.82, 2.24) is 9.88 Å². The van der Waals surface area contributed by atoms with Crippen LogP contribution < -0.4 is 14.2 Å². The lowest BCUT2D eigenvalue weighted by atomic mass is 9.63. The number of ether oxygens (including phenoxy) is 6. The highest BCUT2D eigenvalue weighted by Crippen LogP contribution is 2.50. The number of aromatic nitrogens is 1. The maximum atomic E-state index is 13.4. The summed E-state index contributed by atoms with van der Waals surface area (Å²) in [5.74, 6) is -0.356. The van der Waals surface area contributed by atoms with Gasteiger partial charge < -0.3 is 33.4 Å². The molecule has 1 aromatic heterocycles. The summed E-state index contributed by atoms with van der Waals surface area (Å²) >= 11 is 0. The Morgan fingerprint density at radius 1 is 1.00 bits per heavy atom. The molecule has 3 heterocycles. The molecule has 47 heavy (non-hydrogen) atoms. The van der Waals surface area contributed by atoms with Crippen LogP contribution in [-0.2, 0) is 35.0 Å². The Morgan fingerprint density at radius 3 is 2.55 bits per heavy atom. The number of carbonyl (C=O) groups excluding carboxylic acids is 3. The number of hydrogen-bond donors (Lipinski definition) is 1. The highest BCUT2D eigenvalue weighted by atomic mass is 16.6. The van der Waals surface area contributed by atoms with Crippen LogP contribution in [0.4, 0.5) is 0 Å². The zero-order valence-corrected chi connectivity index (χ0v) is 27.4. The molecule has 0 radical (unpaired) electrons. The third kappa shape index (κ3) is 6.34. The van der Waals surface area contributed by atoms with Gasteiger partial charge in [-0.1, -0.05) is 13.0 Å². The molecule has 1 saturated heterocycles. The fourth-order valence-electron chi connectivity index (χ4n) is 7.78. The van der Waals surface area contributed by atoms with Crippen molar-refractivity contribution in [1.29, 1.82) is 0 Å². The Balaban J connectivity index is 1.21. The number of methoxy groups -OCH3 is 4. The van der Waals surface area contributed by atoms with Gasteiger partial charge in [0.15, 0.2) is 11.5 Å². The van der Waals surface area contributed by atoms with Crippen molar-refractivity contribution in [3.05, 3.63) is 59.3 Å². The van der Waals surface area contributed by atoms with Gasteiger partial charge in [-0.15, -0.1) is 0 Å². The SMILES string of the molecule is CCC(=O)Oc1cc(/C=C/C(=O)O[C@H]2C[C@H]3CN4CCc5c([nH]c6cc(OC)ccc56)[C@@H]4C[C@@H]3[C@@H](C(=O)OC)[C@@H]2OC)ccc1OC. The molecule has 11 nitrogen and oxygen atoms in total. The van der Waals surface area contributed by atoms with Gasteiger partial charge in [0.2, 0.25) is 0 Å². The highest BCUT2D eigenvalue weighted by Gasteiger charge is 2.54. The van der Waals surface area contributed by atoms with Crippen molar-refractivity contribution in [2.24, 2.45) is 17.8 Å². The van der Waals surface area contributed by atoms with Gasteiger partial charge in [0.25, 0.3) is 0 Å². The average molecular weight is 647 g/mol. The lowest BCUT2D eigenvalue weighted by Crippen LogP contribution is -2.58. The normalized spacial score (nSPS) is 25.4. The number of H-pyrrole nitrogens is 1. The molecule has 6 rings (SSSR count). The molecule has 2 fully saturated rings. The molecular formula is C36H42N2O9. The average Bonchev–Trinajstić information content (AvgIpc) is 3.47. The third-order valence-electron chi connectivity index (χ3n) is 9.98. The summed E-state index contributed by atoms with van der Waals surface area (Å²) < 4.78 is 33.4. The van der Waals surface area contributed by atoms with Crippen LogP contribution in [0.15, 0.2) is 42.5 Å². The molecule has 250 valence electrons. The molecular weight excluding hydrogens is 604 g/mol. The van der Waals surface area contributed by atoms with Gasteiger partial charge in [-0.3, -0.25) is 14.5 Å². The van der Waals surface area contributed by atoms with E-state index in [-0.39, 0.29) is 36.0 Å². The number of nitrogens with one attached hydrogen (secondary N) is 1. The van der Waals surface area contributed by atoms with E-state index in [4.69, 9.17) is 28.4 Å². The van der Waals surface area contributed by atoms with Gasteiger partial charge in [-0.2, -0.15) is 0 Å². The highest BCUT2D eigenvalue weighted by molar-refractivity contribution is 5.88. The molecule has 2 aliphatic heterocycles. The summed E-state index contributed by atoms with van der Waals surface area (Å²) in [7, 11) is 6.10. The number of aromatic amines is 1. The molecule has 6 atom stereocenters. The Bertz CT molecular complexity index is 1680. The first-order chi connectivity index (χ1) is 22.8. The van der Waals surface area contributed by atoms with Crippen LogP contribution >= 0.6 is 0 Å². The minimum atomic E-state index is -0.663. The number of nitrogens with zero attached hydrogens (tertiary/aromatic N) is 1. The number of benzene rings is 2. The molecule has 0 bridgehead atoms. The third-order valence-corrected chi connectivity index (χ3v) is 9.98. The fourth-order valence-corrected chi connectivity index (χ4v) is 7.78.